The Morgan fingerprint density at radius 1 is 1.61 bits per heavy atom. The Balaban J connectivity index is 1.80. The SMILES string of the molecule is Cc1ccc(CN(C)C(=O)CC2COCCN2)s1. The number of morpholine rings is 1. The van der Waals surface area contributed by atoms with E-state index in [4.69, 9.17) is 4.74 Å². The van der Waals surface area contributed by atoms with E-state index in [0.717, 1.165) is 13.2 Å². The van der Waals surface area contributed by atoms with Gasteiger partial charge in [-0.05, 0) is 19.1 Å². The average molecular weight is 268 g/mol. The van der Waals surface area contributed by atoms with E-state index >= 15 is 0 Å². The first-order valence-electron chi connectivity index (χ1n) is 6.25. The van der Waals surface area contributed by atoms with Crippen LogP contribution in [0.15, 0.2) is 12.1 Å². The number of nitrogens with zero attached hydrogens (tertiary/aromatic N) is 1. The van der Waals surface area contributed by atoms with Gasteiger partial charge in [0.2, 0.25) is 5.91 Å². The molecule has 0 spiro atoms. The van der Waals surface area contributed by atoms with Gasteiger partial charge >= 0.3 is 0 Å². The number of hydrogen-bond acceptors (Lipinski definition) is 4. The molecule has 1 aliphatic rings. The second-order valence-corrected chi connectivity index (χ2v) is 6.06. The third-order valence-corrected chi connectivity index (χ3v) is 4.02. The van der Waals surface area contributed by atoms with Crippen LogP contribution in [0.4, 0.5) is 0 Å². The van der Waals surface area contributed by atoms with Crippen LogP contribution in [-0.2, 0) is 16.1 Å². The Bertz CT molecular complexity index is 399. The molecule has 1 unspecified atom stereocenters. The number of aryl methyl sites for hydroxylation is 1. The van der Waals surface area contributed by atoms with Crippen LogP contribution in [0.25, 0.3) is 0 Å². The van der Waals surface area contributed by atoms with E-state index in [9.17, 15) is 4.79 Å². The minimum atomic E-state index is 0.166. The molecule has 0 saturated carbocycles. The highest BCUT2D eigenvalue weighted by atomic mass is 32.1. The van der Waals surface area contributed by atoms with Gasteiger partial charge in [0.1, 0.15) is 0 Å². The molecular weight excluding hydrogens is 248 g/mol. The number of ether oxygens (including phenoxy) is 1. The molecule has 1 saturated heterocycles. The summed E-state index contributed by atoms with van der Waals surface area (Å²) in [6, 6.07) is 4.35. The van der Waals surface area contributed by atoms with Gasteiger partial charge < -0.3 is 15.0 Å². The van der Waals surface area contributed by atoms with Gasteiger partial charge in [0.15, 0.2) is 0 Å². The van der Waals surface area contributed by atoms with Crippen LogP contribution in [0.2, 0.25) is 0 Å². The van der Waals surface area contributed by atoms with Crippen molar-refractivity contribution in [3.63, 3.8) is 0 Å². The highest BCUT2D eigenvalue weighted by Gasteiger charge is 2.19. The molecule has 1 amide bonds. The topological polar surface area (TPSA) is 41.6 Å². The molecule has 0 radical (unpaired) electrons. The summed E-state index contributed by atoms with van der Waals surface area (Å²) in [7, 11) is 1.86. The summed E-state index contributed by atoms with van der Waals surface area (Å²) in [5.41, 5.74) is 0. The van der Waals surface area contributed by atoms with Crippen molar-refractivity contribution in [3.05, 3.63) is 21.9 Å². The molecule has 5 heteroatoms. The van der Waals surface area contributed by atoms with E-state index in [1.165, 1.54) is 9.75 Å². The third-order valence-electron chi connectivity index (χ3n) is 3.03. The van der Waals surface area contributed by atoms with Gasteiger partial charge in [-0.3, -0.25) is 4.79 Å². The van der Waals surface area contributed by atoms with Gasteiger partial charge in [0.25, 0.3) is 0 Å². The zero-order valence-corrected chi connectivity index (χ0v) is 11.8. The minimum absolute atomic E-state index is 0.166. The van der Waals surface area contributed by atoms with Crippen molar-refractivity contribution in [2.75, 3.05) is 26.8 Å². The summed E-state index contributed by atoms with van der Waals surface area (Å²) in [5, 5.41) is 3.30. The minimum Gasteiger partial charge on any atom is -0.378 e. The molecule has 2 rings (SSSR count). The molecule has 1 aliphatic heterocycles. The maximum absolute atomic E-state index is 12.1. The molecule has 4 nitrogen and oxygen atoms in total. The first-order chi connectivity index (χ1) is 8.65. The molecule has 1 N–H and O–H groups in total. The van der Waals surface area contributed by atoms with Crippen molar-refractivity contribution in [1.29, 1.82) is 0 Å². The summed E-state index contributed by atoms with van der Waals surface area (Å²) >= 11 is 1.75. The highest BCUT2D eigenvalue weighted by molar-refractivity contribution is 7.11. The van der Waals surface area contributed by atoms with E-state index in [1.807, 2.05) is 7.05 Å². The van der Waals surface area contributed by atoms with Crippen molar-refractivity contribution < 1.29 is 9.53 Å². The van der Waals surface area contributed by atoms with Crippen LogP contribution in [0.3, 0.4) is 0 Å². The van der Waals surface area contributed by atoms with Gasteiger partial charge in [-0.1, -0.05) is 0 Å². The van der Waals surface area contributed by atoms with Crippen LogP contribution >= 0.6 is 11.3 Å². The lowest BCUT2D eigenvalue weighted by Crippen LogP contribution is -2.44. The number of hydrogen-bond donors (Lipinski definition) is 1. The summed E-state index contributed by atoms with van der Waals surface area (Å²) in [6.07, 6.45) is 0.515. The summed E-state index contributed by atoms with van der Waals surface area (Å²) < 4.78 is 5.35. The van der Waals surface area contributed by atoms with Crippen LogP contribution in [0.5, 0.6) is 0 Å². The Kier molecular flexibility index (Phi) is 4.74. The largest absolute Gasteiger partial charge is 0.378 e. The quantitative estimate of drug-likeness (QED) is 0.897. The zero-order chi connectivity index (χ0) is 13.0. The Morgan fingerprint density at radius 3 is 3.06 bits per heavy atom. The number of thiophene rings is 1. The molecule has 18 heavy (non-hydrogen) atoms. The van der Waals surface area contributed by atoms with Crippen LogP contribution in [-0.4, -0.2) is 43.7 Å². The first kappa shape index (κ1) is 13.5. The molecule has 1 aromatic heterocycles. The molecule has 0 aromatic carbocycles. The summed E-state index contributed by atoms with van der Waals surface area (Å²) in [6.45, 7) is 5.00. The fourth-order valence-electron chi connectivity index (χ4n) is 2.01. The summed E-state index contributed by atoms with van der Waals surface area (Å²) in [5.74, 6) is 0.170. The predicted molar refractivity (Wildman–Crippen MR) is 72.8 cm³/mol. The lowest BCUT2D eigenvalue weighted by Gasteiger charge is -2.25. The molecule has 1 atom stereocenters. The van der Waals surface area contributed by atoms with E-state index in [2.05, 4.69) is 24.4 Å². The maximum atomic E-state index is 12.1. The predicted octanol–water partition coefficient (Wildman–Crippen LogP) is 1.39. The molecule has 0 aliphatic carbocycles. The summed E-state index contributed by atoms with van der Waals surface area (Å²) in [4.78, 5) is 16.4. The zero-order valence-electron chi connectivity index (χ0n) is 10.9. The maximum Gasteiger partial charge on any atom is 0.224 e. The molecule has 100 valence electrons. The van der Waals surface area contributed by atoms with Gasteiger partial charge in [-0.25, -0.2) is 0 Å². The van der Waals surface area contributed by atoms with Gasteiger partial charge in [-0.15, -0.1) is 11.3 Å². The van der Waals surface area contributed by atoms with E-state index in [0.29, 0.717) is 19.6 Å². The van der Waals surface area contributed by atoms with E-state index in [-0.39, 0.29) is 11.9 Å². The number of carbonyl (C=O) groups excluding carboxylic acids is 1. The van der Waals surface area contributed by atoms with Crippen molar-refractivity contribution in [2.45, 2.75) is 25.9 Å². The van der Waals surface area contributed by atoms with Gasteiger partial charge in [-0.2, -0.15) is 0 Å². The number of amides is 1. The van der Waals surface area contributed by atoms with Crippen LogP contribution < -0.4 is 5.32 Å². The standard InChI is InChI=1S/C13H20N2O2S/c1-10-3-4-12(18-10)8-15(2)13(16)7-11-9-17-6-5-14-11/h3-4,11,14H,5-9H2,1-2H3. The fourth-order valence-corrected chi connectivity index (χ4v) is 2.95. The Morgan fingerprint density at radius 2 is 2.44 bits per heavy atom. The number of carbonyl (C=O) groups is 1. The van der Waals surface area contributed by atoms with Gasteiger partial charge in [0.05, 0.1) is 19.8 Å². The Hall–Kier alpha value is -0.910. The van der Waals surface area contributed by atoms with E-state index < -0.39 is 0 Å². The highest BCUT2D eigenvalue weighted by Crippen LogP contribution is 2.17. The lowest BCUT2D eigenvalue weighted by atomic mass is 10.2. The lowest BCUT2D eigenvalue weighted by molar-refractivity contribution is -0.131. The first-order valence-corrected chi connectivity index (χ1v) is 7.07. The van der Waals surface area contributed by atoms with Gasteiger partial charge in [0, 0.05) is 35.8 Å². The molecule has 0 bridgehead atoms. The van der Waals surface area contributed by atoms with Crippen molar-refractivity contribution in [3.8, 4) is 0 Å². The molecular formula is C13H20N2O2S. The van der Waals surface area contributed by atoms with Crippen LogP contribution in [0.1, 0.15) is 16.2 Å². The van der Waals surface area contributed by atoms with Crippen molar-refractivity contribution >= 4 is 17.2 Å². The number of rotatable bonds is 4. The fraction of sp³-hybridized carbons (Fsp3) is 0.615. The Labute approximate surface area is 112 Å². The monoisotopic (exact) mass is 268 g/mol. The van der Waals surface area contributed by atoms with Crippen molar-refractivity contribution in [2.24, 2.45) is 0 Å². The van der Waals surface area contributed by atoms with E-state index in [1.54, 1.807) is 16.2 Å². The smallest absolute Gasteiger partial charge is 0.224 e. The average Bonchev–Trinajstić information content (AvgIpc) is 2.76. The normalized spacial score (nSPS) is 19.8. The second-order valence-electron chi connectivity index (χ2n) is 4.69. The number of nitrogens with one attached hydrogen (secondary N) is 1. The molecule has 2 heterocycles. The third kappa shape index (κ3) is 3.80. The second kappa shape index (κ2) is 6.31. The molecule has 1 aromatic rings. The van der Waals surface area contributed by atoms with Crippen LogP contribution in [0, 0.1) is 6.92 Å². The molecule has 1 fully saturated rings. The van der Waals surface area contributed by atoms with Crippen molar-refractivity contribution in [1.82, 2.24) is 10.2 Å².